The van der Waals surface area contributed by atoms with Gasteiger partial charge in [0.25, 0.3) is 24.3 Å². The highest BCUT2D eigenvalue weighted by Crippen LogP contribution is 2.49. The van der Waals surface area contributed by atoms with E-state index in [-0.39, 0.29) is 29.8 Å². The molecule has 0 unspecified atom stereocenters. The maximum absolute atomic E-state index is 13.4. The predicted octanol–water partition coefficient (Wildman–Crippen LogP) is 5.13. The van der Waals surface area contributed by atoms with E-state index in [1.807, 2.05) is 67.6 Å². The van der Waals surface area contributed by atoms with Gasteiger partial charge in [0.05, 0.1) is 11.4 Å². The molecule has 0 saturated heterocycles. The average molecular weight is 595 g/mol. The largest absolute Gasteiger partial charge is 0.397 e. The molecule has 41 heavy (non-hydrogen) atoms. The van der Waals surface area contributed by atoms with Crippen molar-refractivity contribution in [3.8, 4) is 0 Å². The number of aryl methyl sites for hydroxylation is 1. The van der Waals surface area contributed by atoms with E-state index in [1.165, 1.54) is 18.2 Å². The van der Waals surface area contributed by atoms with E-state index in [0.717, 1.165) is 11.1 Å². The summed E-state index contributed by atoms with van der Waals surface area (Å²) in [5.74, 6) is 0. The van der Waals surface area contributed by atoms with E-state index in [4.69, 9.17) is 11.5 Å². The van der Waals surface area contributed by atoms with Gasteiger partial charge in [-0.15, -0.1) is 0 Å². The molecule has 0 heterocycles. The molecule has 0 atom stereocenters. The molecule has 0 bridgehead atoms. The minimum absolute atomic E-state index is 0.0290. The van der Waals surface area contributed by atoms with Gasteiger partial charge >= 0.3 is 0 Å². The first-order chi connectivity index (χ1) is 19.4. The van der Waals surface area contributed by atoms with Crippen molar-refractivity contribution >= 4 is 31.6 Å². The van der Waals surface area contributed by atoms with Crippen molar-refractivity contribution in [2.24, 2.45) is 0 Å². The lowest BCUT2D eigenvalue weighted by molar-refractivity contribution is 0.437. The molecule has 216 valence electrons. The van der Waals surface area contributed by atoms with Crippen LogP contribution in [0.2, 0.25) is 0 Å². The zero-order chi connectivity index (χ0) is 30.0. The Kier molecular flexibility index (Phi) is 8.60. The Labute approximate surface area is 241 Å². The number of nitrogens with two attached hydrogens (primary N) is 2. The Morgan fingerprint density at radius 2 is 1.15 bits per heavy atom. The Hall–Kier alpha value is -3.70. The summed E-state index contributed by atoms with van der Waals surface area (Å²) in [5, 5.41) is 0. The maximum atomic E-state index is 13.4. The van der Waals surface area contributed by atoms with E-state index in [1.54, 1.807) is 13.0 Å². The molecule has 0 spiro atoms. The van der Waals surface area contributed by atoms with Gasteiger partial charge in [0.15, 0.2) is 0 Å². The molecular weight excluding hydrogens is 560 g/mol. The van der Waals surface area contributed by atoms with Crippen LogP contribution < -0.4 is 11.5 Å². The summed E-state index contributed by atoms with van der Waals surface area (Å²) in [6, 6.07) is 24.6. The highest BCUT2D eigenvalue weighted by molar-refractivity contribution is 8.04. The third-order valence-corrected chi connectivity index (χ3v) is 11.1. The fourth-order valence-electron chi connectivity index (χ4n) is 5.60. The first-order valence-electron chi connectivity index (χ1n) is 13.2. The van der Waals surface area contributed by atoms with Crippen molar-refractivity contribution in [3.05, 3.63) is 129 Å². The molecule has 6 N–H and O–H groups in total. The quantitative estimate of drug-likeness (QED) is 0.145. The fourth-order valence-corrected chi connectivity index (χ4v) is 8.50. The molecular formula is C31H34N2O6S2. The summed E-state index contributed by atoms with van der Waals surface area (Å²) in [7, 11) is -11.2. The summed E-state index contributed by atoms with van der Waals surface area (Å²) in [5.41, 5.74) is 15.8. The van der Waals surface area contributed by atoms with Crippen molar-refractivity contribution in [3.63, 3.8) is 0 Å². The number of benzene rings is 4. The maximum Gasteiger partial charge on any atom is 0.296 e. The van der Waals surface area contributed by atoms with E-state index in [2.05, 4.69) is 0 Å². The second-order valence-electron chi connectivity index (χ2n) is 9.93. The highest BCUT2D eigenvalue weighted by atomic mass is 32.3. The van der Waals surface area contributed by atoms with Gasteiger partial charge in [-0.05, 0) is 65.1 Å². The Morgan fingerprint density at radius 1 is 0.610 bits per heavy atom. The van der Waals surface area contributed by atoms with Crippen molar-refractivity contribution in [2.45, 2.75) is 43.6 Å². The molecule has 8 nitrogen and oxygen atoms in total. The van der Waals surface area contributed by atoms with E-state index >= 15 is 0 Å². The second kappa shape index (κ2) is 11.7. The zero-order valence-corrected chi connectivity index (χ0v) is 24.5. The smallest absolute Gasteiger partial charge is 0.296 e. The Balaban J connectivity index is 2.16. The molecule has 0 fully saturated rings. The molecule has 10 heteroatoms. The molecule has 0 aliphatic carbocycles. The van der Waals surface area contributed by atoms with Crippen molar-refractivity contribution in [1.29, 1.82) is 0 Å². The number of rotatable bonds is 10. The van der Waals surface area contributed by atoms with E-state index in [9.17, 15) is 25.9 Å². The van der Waals surface area contributed by atoms with E-state index in [0.29, 0.717) is 35.1 Å². The monoisotopic (exact) mass is 594 g/mol. The Morgan fingerprint density at radius 3 is 1.63 bits per heavy atom. The average Bonchev–Trinajstić information content (AvgIpc) is 2.93. The normalized spacial score (nSPS) is 12.4. The fraction of sp³-hybridized carbons (Fsp3) is 0.226. The molecule has 0 radical (unpaired) electrons. The van der Waals surface area contributed by atoms with Crippen LogP contribution in [0.25, 0.3) is 0 Å². The molecule has 4 aromatic carbocycles. The summed E-state index contributed by atoms with van der Waals surface area (Å²) in [6.45, 7) is 3.57. The van der Waals surface area contributed by atoms with Gasteiger partial charge in [-0.1, -0.05) is 92.7 Å². The van der Waals surface area contributed by atoms with Crippen LogP contribution in [-0.4, -0.2) is 25.9 Å². The van der Waals surface area contributed by atoms with Gasteiger partial charge in [-0.2, -0.15) is 16.8 Å². The molecule has 0 saturated carbocycles. The molecule has 4 aromatic rings. The van der Waals surface area contributed by atoms with Crippen LogP contribution in [0.5, 0.6) is 0 Å². The highest BCUT2D eigenvalue weighted by Gasteiger charge is 2.60. The van der Waals surface area contributed by atoms with Crippen LogP contribution in [-0.2, 0) is 50.0 Å². The first-order valence-corrected chi connectivity index (χ1v) is 16.1. The number of hydrogen-bond donors (Lipinski definition) is 4. The zero-order valence-electron chi connectivity index (χ0n) is 22.9. The van der Waals surface area contributed by atoms with Crippen molar-refractivity contribution in [1.82, 2.24) is 0 Å². The molecule has 0 aliphatic heterocycles. The van der Waals surface area contributed by atoms with Gasteiger partial charge in [0.2, 0.25) is 0 Å². The topological polar surface area (TPSA) is 161 Å². The molecule has 0 aromatic heterocycles. The van der Waals surface area contributed by atoms with Crippen LogP contribution in [0.1, 0.15) is 58.4 Å². The van der Waals surface area contributed by atoms with Crippen LogP contribution >= 0.6 is 0 Å². The van der Waals surface area contributed by atoms with Crippen molar-refractivity contribution < 1.29 is 25.9 Å². The van der Waals surface area contributed by atoms with E-state index < -0.39 is 29.9 Å². The van der Waals surface area contributed by atoms with Crippen LogP contribution in [0.15, 0.2) is 84.9 Å². The van der Waals surface area contributed by atoms with Gasteiger partial charge in [0, 0.05) is 11.1 Å². The summed E-state index contributed by atoms with van der Waals surface area (Å²) in [6.07, 6.45) is 1.26. The van der Waals surface area contributed by atoms with Gasteiger partial charge < -0.3 is 11.5 Å². The summed E-state index contributed by atoms with van der Waals surface area (Å²) in [4.78, 5) is 0. The van der Waals surface area contributed by atoms with Gasteiger partial charge in [0.1, 0.15) is 0 Å². The lowest BCUT2D eigenvalue weighted by Gasteiger charge is -2.33. The molecule has 0 aliphatic rings. The Bertz CT molecular complexity index is 1740. The summed E-state index contributed by atoms with van der Waals surface area (Å²) >= 11 is 0. The van der Waals surface area contributed by atoms with Crippen molar-refractivity contribution in [2.75, 3.05) is 11.5 Å². The summed E-state index contributed by atoms with van der Waals surface area (Å²) < 4.78 is 71.8. The predicted molar refractivity (Wildman–Crippen MR) is 163 cm³/mol. The van der Waals surface area contributed by atoms with Gasteiger partial charge in [-0.25, -0.2) is 0 Å². The minimum atomic E-state index is -5.62. The lowest BCUT2D eigenvalue weighted by Crippen LogP contribution is -2.46. The van der Waals surface area contributed by atoms with Crippen LogP contribution in [0.4, 0.5) is 11.4 Å². The number of nitrogen functional groups attached to an aromatic ring is 2. The first kappa shape index (κ1) is 30.3. The van der Waals surface area contributed by atoms with Crippen LogP contribution in [0, 0.1) is 0 Å². The van der Waals surface area contributed by atoms with Gasteiger partial charge in [-0.3, -0.25) is 9.11 Å². The number of anilines is 2. The van der Waals surface area contributed by atoms with Crippen LogP contribution in [0.3, 0.4) is 0 Å². The standard InChI is InChI=1S/C31H34N2O6S2/c1-3-23-16-11-17-27(25(23)4-2)31(40(34,35)36,41(37,38)39)28-20-24(18-21-12-7-5-8-13-21)26(29(32)30(28)33)19-22-14-9-6-10-15-22/h5-17,20H,3-4,18-19,32-33H2,1-2H3,(H,34,35,36)(H,37,38,39). The number of hydrogen-bond acceptors (Lipinski definition) is 6. The lowest BCUT2D eigenvalue weighted by atomic mass is 9.87. The minimum Gasteiger partial charge on any atom is -0.397 e. The third kappa shape index (κ3) is 5.48. The second-order valence-corrected chi connectivity index (χ2v) is 13.3. The molecule has 0 amide bonds. The SMILES string of the molecule is CCc1cccc(C(c2cc(Cc3ccccc3)c(Cc3ccccc3)c(N)c2N)(S(=O)(=O)O)S(=O)(=O)O)c1CC. The molecule has 4 rings (SSSR count). The third-order valence-electron chi connectivity index (χ3n) is 7.52.